The average Bonchev–Trinajstić information content (AvgIpc) is 3.13. The molecule has 0 radical (unpaired) electrons. The largest absolute Gasteiger partial charge is 0.433 e. The third-order valence-corrected chi connectivity index (χ3v) is 2.98. The van der Waals surface area contributed by atoms with E-state index in [4.69, 9.17) is 4.42 Å². The average molecular weight is 298 g/mol. The Kier molecular flexibility index (Phi) is 3.40. The van der Waals surface area contributed by atoms with Gasteiger partial charge in [0.15, 0.2) is 5.76 Å². The Labute approximate surface area is 123 Å². The Balaban J connectivity index is 1.71. The van der Waals surface area contributed by atoms with Gasteiger partial charge in [0.1, 0.15) is 4.92 Å². The van der Waals surface area contributed by atoms with Gasteiger partial charge in [-0.1, -0.05) is 18.2 Å². The van der Waals surface area contributed by atoms with E-state index in [1.807, 2.05) is 24.3 Å². The summed E-state index contributed by atoms with van der Waals surface area (Å²) >= 11 is 0. The van der Waals surface area contributed by atoms with E-state index >= 15 is 0 Å². The topological polar surface area (TPSA) is 114 Å². The normalized spacial score (nSPS) is 11.1. The highest BCUT2D eigenvalue weighted by atomic mass is 16.6. The Morgan fingerprint density at radius 3 is 2.91 bits per heavy atom. The second-order valence-corrected chi connectivity index (χ2v) is 4.38. The van der Waals surface area contributed by atoms with Gasteiger partial charge in [-0.05, 0) is 12.1 Å². The van der Waals surface area contributed by atoms with Crippen LogP contribution in [0.3, 0.4) is 0 Å². The number of aromatic nitrogens is 1. The van der Waals surface area contributed by atoms with Crippen molar-refractivity contribution in [2.75, 3.05) is 0 Å². The van der Waals surface area contributed by atoms with Crippen molar-refractivity contribution in [3.05, 3.63) is 64.0 Å². The van der Waals surface area contributed by atoms with Gasteiger partial charge in [-0.3, -0.25) is 14.9 Å². The van der Waals surface area contributed by atoms with E-state index in [-0.39, 0.29) is 11.6 Å². The summed E-state index contributed by atoms with van der Waals surface area (Å²) in [6.07, 6.45) is 2.78. The number of carbonyl (C=O) groups is 1. The second kappa shape index (κ2) is 5.52. The highest BCUT2D eigenvalue weighted by Gasteiger charge is 2.12. The van der Waals surface area contributed by atoms with Crippen LogP contribution in [-0.2, 0) is 0 Å². The molecule has 1 aromatic carbocycles. The molecule has 0 saturated heterocycles. The van der Waals surface area contributed by atoms with Crippen LogP contribution in [0.4, 0.5) is 5.88 Å². The van der Waals surface area contributed by atoms with Crippen LogP contribution < -0.4 is 5.43 Å². The second-order valence-electron chi connectivity index (χ2n) is 4.38. The van der Waals surface area contributed by atoms with Crippen LogP contribution in [0.2, 0.25) is 0 Å². The van der Waals surface area contributed by atoms with Gasteiger partial charge in [-0.25, -0.2) is 5.43 Å². The van der Waals surface area contributed by atoms with Crippen molar-refractivity contribution in [3.63, 3.8) is 0 Å². The summed E-state index contributed by atoms with van der Waals surface area (Å²) in [5.74, 6) is -0.606. The minimum Gasteiger partial charge on any atom is -0.400 e. The number of hydrogen-bond acceptors (Lipinski definition) is 5. The number of H-pyrrole nitrogens is 1. The molecule has 8 nitrogen and oxygen atoms in total. The number of hydrazone groups is 1. The number of furan rings is 1. The summed E-state index contributed by atoms with van der Waals surface area (Å²) in [6, 6.07) is 9.97. The molecule has 0 aliphatic heterocycles. The predicted molar refractivity (Wildman–Crippen MR) is 78.7 cm³/mol. The van der Waals surface area contributed by atoms with Crippen molar-refractivity contribution in [3.8, 4) is 0 Å². The van der Waals surface area contributed by atoms with Gasteiger partial charge in [0.05, 0.1) is 17.8 Å². The molecule has 1 amide bonds. The Morgan fingerprint density at radius 2 is 2.14 bits per heavy atom. The van der Waals surface area contributed by atoms with Crippen LogP contribution in [0.15, 0.2) is 52.1 Å². The molecule has 0 fully saturated rings. The number of hydrogen-bond donors (Lipinski definition) is 2. The molecule has 8 heteroatoms. The summed E-state index contributed by atoms with van der Waals surface area (Å²) in [4.78, 5) is 24.8. The molecule has 0 unspecified atom stereocenters. The third-order valence-electron chi connectivity index (χ3n) is 2.98. The summed E-state index contributed by atoms with van der Waals surface area (Å²) in [7, 11) is 0. The van der Waals surface area contributed by atoms with Crippen molar-refractivity contribution in [2.45, 2.75) is 0 Å². The quantitative estimate of drug-likeness (QED) is 0.437. The zero-order valence-corrected chi connectivity index (χ0v) is 11.1. The lowest BCUT2D eigenvalue weighted by molar-refractivity contribution is -0.402. The monoisotopic (exact) mass is 298 g/mol. The van der Waals surface area contributed by atoms with Gasteiger partial charge in [0.2, 0.25) is 0 Å². The number of para-hydroxylation sites is 1. The highest BCUT2D eigenvalue weighted by molar-refractivity contribution is 6.06. The summed E-state index contributed by atoms with van der Waals surface area (Å²) in [5, 5.41) is 15.0. The fourth-order valence-electron chi connectivity index (χ4n) is 1.98. The molecule has 2 heterocycles. The summed E-state index contributed by atoms with van der Waals surface area (Å²) in [6.45, 7) is 0. The van der Waals surface area contributed by atoms with E-state index < -0.39 is 10.8 Å². The Bertz CT molecular complexity index is 878. The van der Waals surface area contributed by atoms with Gasteiger partial charge in [0.25, 0.3) is 5.91 Å². The first-order chi connectivity index (χ1) is 10.6. The zero-order chi connectivity index (χ0) is 15.5. The number of aromatic amines is 1. The Hall–Kier alpha value is -3.42. The molecule has 2 aromatic heterocycles. The molecular weight excluding hydrogens is 288 g/mol. The molecule has 22 heavy (non-hydrogen) atoms. The molecule has 0 saturated carbocycles. The number of fused-ring (bicyclic) bond motifs is 1. The third kappa shape index (κ3) is 2.57. The lowest BCUT2D eigenvalue weighted by Gasteiger charge is -1.97. The first kappa shape index (κ1) is 13.6. The van der Waals surface area contributed by atoms with Crippen molar-refractivity contribution in [2.24, 2.45) is 5.10 Å². The fraction of sp³-hybridized carbons (Fsp3) is 0. The lowest BCUT2D eigenvalue weighted by atomic mass is 10.2. The molecule has 110 valence electrons. The van der Waals surface area contributed by atoms with Crippen LogP contribution >= 0.6 is 0 Å². The van der Waals surface area contributed by atoms with Gasteiger partial charge in [-0.15, -0.1) is 0 Å². The first-order valence-corrected chi connectivity index (χ1v) is 6.29. The van der Waals surface area contributed by atoms with Crippen LogP contribution in [0, 0.1) is 10.1 Å². The number of nitro groups is 1. The van der Waals surface area contributed by atoms with E-state index in [1.54, 1.807) is 6.20 Å². The highest BCUT2D eigenvalue weighted by Crippen LogP contribution is 2.17. The summed E-state index contributed by atoms with van der Waals surface area (Å²) in [5.41, 5.74) is 3.65. The summed E-state index contributed by atoms with van der Waals surface area (Å²) < 4.78 is 4.88. The van der Waals surface area contributed by atoms with E-state index in [9.17, 15) is 14.9 Å². The maximum Gasteiger partial charge on any atom is 0.433 e. The SMILES string of the molecule is O=C(N/N=C/c1ccc([N+](=O)[O-])o1)c1c[nH]c2ccccc12. The van der Waals surface area contributed by atoms with Crippen LogP contribution in [0.5, 0.6) is 0 Å². The van der Waals surface area contributed by atoms with E-state index in [2.05, 4.69) is 15.5 Å². The predicted octanol–water partition coefficient (Wildman–Crippen LogP) is 2.43. The number of carbonyl (C=O) groups excluding carboxylic acids is 1. The van der Waals surface area contributed by atoms with Crippen LogP contribution in [0.25, 0.3) is 10.9 Å². The molecule has 3 rings (SSSR count). The molecule has 0 aliphatic carbocycles. The van der Waals surface area contributed by atoms with Gasteiger partial charge >= 0.3 is 5.88 Å². The molecule has 0 atom stereocenters. The van der Waals surface area contributed by atoms with Crippen molar-refractivity contribution in [1.29, 1.82) is 0 Å². The van der Waals surface area contributed by atoms with Crippen LogP contribution in [0.1, 0.15) is 16.1 Å². The zero-order valence-electron chi connectivity index (χ0n) is 11.1. The maximum absolute atomic E-state index is 12.0. The van der Waals surface area contributed by atoms with Crippen molar-refractivity contribution < 1.29 is 14.1 Å². The number of nitrogens with zero attached hydrogens (tertiary/aromatic N) is 2. The standard InChI is InChI=1S/C14H10N4O4/c19-14(11-8-15-12-4-2-1-3-10(11)12)17-16-7-9-5-6-13(22-9)18(20)21/h1-8,15H,(H,17,19)/b16-7+. The van der Waals surface area contributed by atoms with E-state index in [0.717, 1.165) is 10.9 Å². The van der Waals surface area contributed by atoms with E-state index in [1.165, 1.54) is 18.3 Å². The van der Waals surface area contributed by atoms with E-state index in [0.29, 0.717) is 5.56 Å². The molecule has 0 bridgehead atoms. The molecular formula is C14H10N4O4. The lowest BCUT2D eigenvalue weighted by Crippen LogP contribution is -2.17. The van der Waals surface area contributed by atoms with Crippen molar-refractivity contribution in [1.82, 2.24) is 10.4 Å². The van der Waals surface area contributed by atoms with Gasteiger partial charge in [-0.2, -0.15) is 5.10 Å². The molecule has 0 aliphatic rings. The van der Waals surface area contributed by atoms with Crippen molar-refractivity contribution >= 4 is 28.9 Å². The Morgan fingerprint density at radius 1 is 1.32 bits per heavy atom. The number of benzene rings is 1. The first-order valence-electron chi connectivity index (χ1n) is 6.29. The minimum absolute atomic E-state index is 0.172. The van der Waals surface area contributed by atoms with Gasteiger partial charge in [0, 0.05) is 17.1 Å². The maximum atomic E-state index is 12.0. The number of rotatable bonds is 4. The van der Waals surface area contributed by atoms with Crippen LogP contribution in [-0.4, -0.2) is 22.0 Å². The number of amides is 1. The molecule has 0 spiro atoms. The number of nitrogens with one attached hydrogen (secondary N) is 2. The minimum atomic E-state index is -0.651. The fourth-order valence-corrected chi connectivity index (χ4v) is 1.98. The molecule has 2 N–H and O–H groups in total. The smallest absolute Gasteiger partial charge is 0.400 e. The van der Waals surface area contributed by atoms with Gasteiger partial charge < -0.3 is 9.40 Å². The molecule has 3 aromatic rings.